The number of piperidine rings is 1. The zero-order valence-electron chi connectivity index (χ0n) is 11.8. The van der Waals surface area contributed by atoms with Gasteiger partial charge in [0.1, 0.15) is 13.1 Å². The molecule has 0 saturated carbocycles. The van der Waals surface area contributed by atoms with Gasteiger partial charge >= 0.3 is 0 Å². The largest absolute Gasteiger partial charge is 0.352 e. The minimum Gasteiger partial charge on any atom is -0.352 e. The van der Waals surface area contributed by atoms with Crippen molar-refractivity contribution in [3.8, 4) is 0 Å². The fraction of sp³-hybridized carbons (Fsp3) is 0.600. The first-order chi connectivity index (χ1) is 8.66. The van der Waals surface area contributed by atoms with Crippen LogP contribution in [0.1, 0.15) is 18.4 Å². The molecule has 3 nitrogen and oxygen atoms in total. The zero-order chi connectivity index (χ0) is 13.0. The maximum atomic E-state index is 4.18. The number of hydrogen-bond donors (Lipinski definition) is 3. The first kappa shape index (κ1) is 13.5. The summed E-state index contributed by atoms with van der Waals surface area (Å²) in [5, 5.41) is 0. The molecule has 0 aromatic heterocycles. The summed E-state index contributed by atoms with van der Waals surface area (Å²) in [5.74, 6) is 0. The van der Waals surface area contributed by atoms with Gasteiger partial charge in [-0.05, 0) is 0 Å². The smallest absolute Gasteiger partial charge is 0.157 e. The Morgan fingerprint density at radius 3 is 2.28 bits per heavy atom. The summed E-state index contributed by atoms with van der Waals surface area (Å²) in [6, 6.07) is 10.9. The van der Waals surface area contributed by atoms with Crippen LogP contribution in [-0.4, -0.2) is 39.3 Å². The lowest BCUT2D eigenvalue weighted by Gasteiger charge is -2.39. The van der Waals surface area contributed by atoms with Gasteiger partial charge in [0.15, 0.2) is 5.54 Å². The Balaban J connectivity index is 1.91. The Bertz CT molecular complexity index is 353. The lowest BCUT2D eigenvalue weighted by molar-refractivity contribution is -0.967. The van der Waals surface area contributed by atoms with Crippen LogP contribution in [0.4, 0.5) is 0 Å². The van der Waals surface area contributed by atoms with E-state index in [1.807, 2.05) is 0 Å². The normalized spacial score (nSPS) is 28.6. The SMILES string of the molecule is C[NH+](C)C1(C[NH3+])CC[NH+](Cc2ccccc2)CC1. The molecule has 18 heavy (non-hydrogen) atoms. The summed E-state index contributed by atoms with van der Waals surface area (Å²) >= 11 is 0. The second-order valence-electron chi connectivity index (χ2n) is 5.94. The lowest BCUT2D eigenvalue weighted by atomic mass is 9.86. The van der Waals surface area contributed by atoms with Crippen LogP contribution in [0.5, 0.6) is 0 Å². The van der Waals surface area contributed by atoms with Gasteiger partial charge < -0.3 is 15.5 Å². The predicted molar refractivity (Wildman–Crippen MR) is 73.4 cm³/mol. The van der Waals surface area contributed by atoms with Crippen molar-refractivity contribution in [1.29, 1.82) is 0 Å². The molecule has 2 rings (SSSR count). The summed E-state index contributed by atoms with van der Waals surface area (Å²) in [7, 11) is 4.57. The molecule has 0 bridgehead atoms. The molecule has 1 saturated heterocycles. The van der Waals surface area contributed by atoms with E-state index in [1.54, 1.807) is 9.80 Å². The van der Waals surface area contributed by atoms with Gasteiger partial charge in [-0.25, -0.2) is 0 Å². The van der Waals surface area contributed by atoms with E-state index < -0.39 is 0 Å². The van der Waals surface area contributed by atoms with Crippen LogP contribution >= 0.6 is 0 Å². The van der Waals surface area contributed by atoms with E-state index in [0.29, 0.717) is 5.54 Å². The first-order valence-electron chi connectivity index (χ1n) is 7.14. The molecule has 0 unspecified atom stereocenters. The minimum absolute atomic E-state index is 0.431. The van der Waals surface area contributed by atoms with Crippen LogP contribution in [0.15, 0.2) is 30.3 Å². The molecule has 1 aliphatic rings. The molecule has 5 N–H and O–H groups in total. The van der Waals surface area contributed by atoms with E-state index in [1.165, 1.54) is 38.0 Å². The van der Waals surface area contributed by atoms with Crippen molar-refractivity contribution >= 4 is 0 Å². The first-order valence-corrected chi connectivity index (χ1v) is 7.14. The van der Waals surface area contributed by atoms with Crippen LogP contribution in [0.25, 0.3) is 0 Å². The van der Waals surface area contributed by atoms with Crippen molar-refractivity contribution in [3.05, 3.63) is 35.9 Å². The molecule has 1 aromatic carbocycles. The maximum Gasteiger partial charge on any atom is 0.157 e. The summed E-state index contributed by atoms with van der Waals surface area (Å²) in [6.45, 7) is 4.82. The van der Waals surface area contributed by atoms with Gasteiger partial charge in [0, 0.05) is 5.56 Å². The Hall–Kier alpha value is -0.900. The van der Waals surface area contributed by atoms with Gasteiger partial charge in [-0.3, -0.25) is 0 Å². The Morgan fingerprint density at radius 2 is 1.78 bits per heavy atom. The molecule has 100 valence electrons. The van der Waals surface area contributed by atoms with Gasteiger partial charge in [0.05, 0.1) is 40.0 Å². The molecule has 0 spiro atoms. The number of hydrogen-bond acceptors (Lipinski definition) is 0. The number of nitrogens with one attached hydrogen (secondary N) is 2. The number of benzene rings is 1. The van der Waals surface area contributed by atoms with E-state index in [2.05, 4.69) is 50.2 Å². The van der Waals surface area contributed by atoms with Crippen LogP contribution in [-0.2, 0) is 6.54 Å². The van der Waals surface area contributed by atoms with E-state index in [4.69, 9.17) is 0 Å². The topological polar surface area (TPSA) is 36.5 Å². The number of quaternary nitrogens is 3. The van der Waals surface area contributed by atoms with E-state index in [-0.39, 0.29) is 0 Å². The van der Waals surface area contributed by atoms with Crippen molar-refractivity contribution in [3.63, 3.8) is 0 Å². The number of likely N-dealkylation sites (tertiary alicyclic amines) is 1. The summed E-state index contributed by atoms with van der Waals surface area (Å²) < 4.78 is 0. The van der Waals surface area contributed by atoms with Crippen LogP contribution in [0.2, 0.25) is 0 Å². The molecule has 0 radical (unpaired) electrons. The number of rotatable bonds is 4. The van der Waals surface area contributed by atoms with E-state index in [0.717, 1.165) is 6.54 Å². The summed E-state index contributed by atoms with van der Waals surface area (Å²) in [5.41, 5.74) is 6.08. The third kappa shape index (κ3) is 2.91. The molecule has 0 atom stereocenters. The zero-order valence-corrected chi connectivity index (χ0v) is 11.8. The van der Waals surface area contributed by atoms with Gasteiger partial charge in [0.2, 0.25) is 0 Å². The highest BCUT2D eigenvalue weighted by Gasteiger charge is 2.42. The maximum absolute atomic E-state index is 4.18. The predicted octanol–water partition coefficient (Wildman–Crippen LogP) is -2.01. The molecular formula is C15H28N3+3. The standard InChI is InChI=1S/C15H25N3/c1-17(2)15(13-16)8-10-18(11-9-15)12-14-6-4-3-5-7-14/h3-7H,8-13,16H2,1-2H3/p+3. The van der Waals surface area contributed by atoms with Crippen molar-refractivity contribution in [2.24, 2.45) is 0 Å². The van der Waals surface area contributed by atoms with Gasteiger partial charge in [-0.2, -0.15) is 0 Å². The summed E-state index contributed by atoms with van der Waals surface area (Å²) in [6.07, 6.45) is 2.61. The molecule has 1 fully saturated rings. The van der Waals surface area contributed by atoms with Crippen molar-refractivity contribution < 1.29 is 15.5 Å². The summed E-state index contributed by atoms with van der Waals surface area (Å²) in [4.78, 5) is 3.31. The van der Waals surface area contributed by atoms with Crippen LogP contribution in [0, 0.1) is 0 Å². The molecular weight excluding hydrogens is 222 g/mol. The number of likely N-dealkylation sites (N-methyl/N-ethyl adjacent to an activating group) is 1. The second kappa shape index (κ2) is 5.83. The van der Waals surface area contributed by atoms with Crippen molar-refractivity contribution in [2.45, 2.75) is 24.9 Å². The van der Waals surface area contributed by atoms with Crippen LogP contribution in [0.3, 0.4) is 0 Å². The van der Waals surface area contributed by atoms with E-state index in [9.17, 15) is 0 Å². The van der Waals surface area contributed by atoms with E-state index >= 15 is 0 Å². The Kier molecular flexibility index (Phi) is 4.38. The fourth-order valence-corrected chi connectivity index (χ4v) is 3.14. The molecule has 1 aromatic rings. The fourth-order valence-electron chi connectivity index (χ4n) is 3.14. The molecule has 0 aliphatic carbocycles. The third-order valence-electron chi connectivity index (χ3n) is 4.75. The Morgan fingerprint density at radius 1 is 1.17 bits per heavy atom. The second-order valence-corrected chi connectivity index (χ2v) is 5.94. The Labute approximate surface area is 111 Å². The van der Waals surface area contributed by atoms with Crippen LogP contribution < -0.4 is 15.5 Å². The molecule has 1 aliphatic heterocycles. The molecule has 0 amide bonds. The average Bonchev–Trinajstić information content (AvgIpc) is 2.41. The minimum atomic E-state index is 0.431. The highest BCUT2D eigenvalue weighted by atomic mass is 15.2. The highest BCUT2D eigenvalue weighted by Crippen LogP contribution is 2.10. The van der Waals surface area contributed by atoms with Gasteiger partial charge in [-0.1, -0.05) is 30.3 Å². The highest BCUT2D eigenvalue weighted by molar-refractivity contribution is 5.13. The third-order valence-corrected chi connectivity index (χ3v) is 4.75. The average molecular weight is 250 g/mol. The molecule has 1 heterocycles. The van der Waals surface area contributed by atoms with Gasteiger partial charge in [0.25, 0.3) is 0 Å². The quantitative estimate of drug-likeness (QED) is 0.552. The van der Waals surface area contributed by atoms with Crippen molar-refractivity contribution in [2.75, 3.05) is 33.7 Å². The lowest BCUT2D eigenvalue weighted by Crippen LogP contribution is -3.22. The molecule has 3 heteroatoms. The van der Waals surface area contributed by atoms with Gasteiger partial charge in [-0.15, -0.1) is 0 Å². The van der Waals surface area contributed by atoms with Crippen molar-refractivity contribution in [1.82, 2.24) is 0 Å². The monoisotopic (exact) mass is 250 g/mol.